The van der Waals surface area contributed by atoms with Gasteiger partial charge in [-0.15, -0.1) is 0 Å². The molecule has 1 rings (SSSR count). The molecule has 5 heteroatoms. The smallest absolute Gasteiger partial charge is 0.341 e. The number of hydrogen-bond acceptors (Lipinski definition) is 5. The van der Waals surface area contributed by atoms with E-state index in [0.717, 1.165) is 0 Å². The molecule has 0 heterocycles. The Balaban J connectivity index is 3.30. The molecule has 0 unspecified atom stereocenters. The molecule has 1 aromatic rings. The number of benzene rings is 1. The fourth-order valence-electron chi connectivity index (χ4n) is 1.25. The van der Waals surface area contributed by atoms with Crippen LogP contribution in [0.2, 0.25) is 0 Å². The Kier molecular flexibility index (Phi) is 3.38. The lowest BCUT2D eigenvalue weighted by Gasteiger charge is -2.12. The van der Waals surface area contributed by atoms with E-state index in [0.29, 0.717) is 5.75 Å². The lowest BCUT2D eigenvalue weighted by molar-refractivity contribution is 0.0597. The Morgan fingerprint density at radius 1 is 1.20 bits per heavy atom. The van der Waals surface area contributed by atoms with Crippen molar-refractivity contribution in [3.63, 3.8) is 0 Å². The van der Waals surface area contributed by atoms with Crippen molar-refractivity contribution >= 4 is 11.7 Å². The molecule has 15 heavy (non-hydrogen) atoms. The van der Waals surface area contributed by atoms with E-state index < -0.39 is 5.97 Å². The molecule has 0 aliphatic rings. The summed E-state index contributed by atoms with van der Waals surface area (Å²) in [6.07, 6.45) is 0. The Hall–Kier alpha value is -1.91. The van der Waals surface area contributed by atoms with Gasteiger partial charge in [-0.3, -0.25) is 0 Å². The molecule has 1 aromatic carbocycles. The quantitative estimate of drug-likeness (QED) is 0.598. The minimum Gasteiger partial charge on any atom is -0.494 e. The normalized spacial score (nSPS) is 9.53. The maximum Gasteiger partial charge on any atom is 0.341 e. The summed E-state index contributed by atoms with van der Waals surface area (Å²) in [5.41, 5.74) is 6.30. The zero-order chi connectivity index (χ0) is 11.4. The monoisotopic (exact) mass is 211 g/mol. The van der Waals surface area contributed by atoms with Gasteiger partial charge in [0.25, 0.3) is 0 Å². The molecule has 2 N–H and O–H groups in total. The number of nitrogens with two attached hydrogens (primary N) is 1. The van der Waals surface area contributed by atoms with Crippen LogP contribution >= 0.6 is 0 Å². The van der Waals surface area contributed by atoms with Gasteiger partial charge in [0.05, 0.1) is 21.3 Å². The van der Waals surface area contributed by atoms with Crippen molar-refractivity contribution in [2.24, 2.45) is 0 Å². The van der Waals surface area contributed by atoms with E-state index in [2.05, 4.69) is 4.74 Å². The third kappa shape index (κ3) is 1.96. The summed E-state index contributed by atoms with van der Waals surface area (Å²) in [4.78, 5) is 11.3. The third-order valence-corrected chi connectivity index (χ3v) is 1.99. The molecule has 0 aliphatic heterocycles. The summed E-state index contributed by atoms with van der Waals surface area (Å²) in [5, 5.41) is 0. The summed E-state index contributed by atoms with van der Waals surface area (Å²) in [7, 11) is 4.21. The number of nitrogen functional groups attached to an aromatic ring is 1. The minimum absolute atomic E-state index is 0.265. The van der Waals surface area contributed by atoms with Crippen molar-refractivity contribution in [3.05, 3.63) is 17.7 Å². The van der Waals surface area contributed by atoms with Crippen LogP contribution in [0, 0.1) is 0 Å². The molecular formula is C10H13NO4. The molecule has 0 fully saturated rings. The molecular weight excluding hydrogens is 198 g/mol. The van der Waals surface area contributed by atoms with Crippen LogP contribution < -0.4 is 15.2 Å². The van der Waals surface area contributed by atoms with Crippen molar-refractivity contribution in [2.45, 2.75) is 0 Å². The summed E-state index contributed by atoms with van der Waals surface area (Å²) in [6, 6.07) is 3.13. The third-order valence-electron chi connectivity index (χ3n) is 1.99. The molecule has 0 aliphatic carbocycles. The van der Waals surface area contributed by atoms with Crippen molar-refractivity contribution in [3.8, 4) is 11.5 Å². The molecule has 0 atom stereocenters. The van der Waals surface area contributed by atoms with E-state index in [1.54, 1.807) is 12.1 Å². The lowest BCUT2D eigenvalue weighted by atomic mass is 10.1. The minimum atomic E-state index is -0.499. The number of ether oxygens (including phenoxy) is 3. The highest BCUT2D eigenvalue weighted by Gasteiger charge is 2.17. The Bertz CT molecular complexity index is 376. The highest BCUT2D eigenvalue weighted by molar-refractivity contribution is 5.95. The molecule has 0 saturated heterocycles. The first-order chi connectivity index (χ1) is 7.15. The van der Waals surface area contributed by atoms with Gasteiger partial charge in [-0.2, -0.15) is 0 Å². The van der Waals surface area contributed by atoms with Gasteiger partial charge in [0.1, 0.15) is 17.0 Å². The highest BCUT2D eigenvalue weighted by atomic mass is 16.5. The van der Waals surface area contributed by atoms with Gasteiger partial charge in [0.2, 0.25) is 0 Å². The zero-order valence-corrected chi connectivity index (χ0v) is 8.87. The van der Waals surface area contributed by atoms with Crippen LogP contribution in [0.15, 0.2) is 12.1 Å². The first kappa shape index (κ1) is 11.2. The first-order valence-corrected chi connectivity index (χ1v) is 4.24. The fraction of sp³-hybridized carbons (Fsp3) is 0.300. The largest absolute Gasteiger partial charge is 0.494 e. The molecule has 0 aromatic heterocycles. The van der Waals surface area contributed by atoms with Gasteiger partial charge < -0.3 is 19.9 Å². The van der Waals surface area contributed by atoms with E-state index in [9.17, 15) is 4.79 Å². The first-order valence-electron chi connectivity index (χ1n) is 4.24. The average molecular weight is 211 g/mol. The van der Waals surface area contributed by atoms with Crippen LogP contribution in [0.25, 0.3) is 0 Å². The van der Waals surface area contributed by atoms with Crippen molar-refractivity contribution in [1.82, 2.24) is 0 Å². The van der Waals surface area contributed by atoms with E-state index >= 15 is 0 Å². The van der Waals surface area contributed by atoms with Crippen LogP contribution in [0.1, 0.15) is 10.4 Å². The van der Waals surface area contributed by atoms with Crippen LogP contribution in [0.4, 0.5) is 5.69 Å². The second-order valence-corrected chi connectivity index (χ2v) is 2.75. The number of esters is 1. The number of rotatable bonds is 3. The van der Waals surface area contributed by atoms with Crippen LogP contribution in [0.5, 0.6) is 11.5 Å². The predicted molar refractivity (Wildman–Crippen MR) is 55.3 cm³/mol. The number of anilines is 1. The van der Waals surface area contributed by atoms with Gasteiger partial charge in [-0.1, -0.05) is 0 Å². The van der Waals surface area contributed by atoms with E-state index in [-0.39, 0.29) is 17.0 Å². The highest BCUT2D eigenvalue weighted by Crippen LogP contribution is 2.34. The maximum absolute atomic E-state index is 11.3. The average Bonchev–Trinajstić information content (AvgIpc) is 2.27. The lowest BCUT2D eigenvalue weighted by Crippen LogP contribution is -2.07. The number of carbonyl (C=O) groups is 1. The van der Waals surface area contributed by atoms with Crippen molar-refractivity contribution < 1.29 is 19.0 Å². The number of hydrogen-bond donors (Lipinski definition) is 1. The Morgan fingerprint density at radius 2 is 1.87 bits per heavy atom. The maximum atomic E-state index is 11.3. The molecule has 5 nitrogen and oxygen atoms in total. The van der Waals surface area contributed by atoms with Gasteiger partial charge >= 0.3 is 5.97 Å². The van der Waals surface area contributed by atoms with Crippen LogP contribution in [-0.4, -0.2) is 27.3 Å². The molecule has 0 amide bonds. The fourth-order valence-corrected chi connectivity index (χ4v) is 1.25. The molecule has 82 valence electrons. The summed E-state index contributed by atoms with van der Waals surface area (Å²) < 4.78 is 14.6. The standard InChI is InChI=1S/C10H13NO4/c1-13-7-5-4-6(10(12)15-3)9(14-2)8(7)11/h4-5H,11H2,1-3H3. The van der Waals surface area contributed by atoms with E-state index in [1.165, 1.54) is 21.3 Å². The topological polar surface area (TPSA) is 70.8 Å². The second-order valence-electron chi connectivity index (χ2n) is 2.75. The number of carbonyl (C=O) groups excluding carboxylic acids is 1. The zero-order valence-electron chi connectivity index (χ0n) is 8.87. The van der Waals surface area contributed by atoms with Crippen molar-refractivity contribution in [2.75, 3.05) is 27.1 Å². The second kappa shape index (κ2) is 4.54. The molecule has 0 spiro atoms. The van der Waals surface area contributed by atoms with Crippen LogP contribution in [-0.2, 0) is 4.74 Å². The SMILES string of the molecule is COC(=O)c1ccc(OC)c(N)c1OC. The van der Waals surface area contributed by atoms with Gasteiger partial charge in [0.15, 0.2) is 5.75 Å². The van der Waals surface area contributed by atoms with Gasteiger partial charge in [-0.25, -0.2) is 4.79 Å². The summed E-state index contributed by atoms with van der Waals surface area (Å²) >= 11 is 0. The predicted octanol–water partition coefficient (Wildman–Crippen LogP) is 1.07. The molecule has 0 bridgehead atoms. The summed E-state index contributed by atoms with van der Waals surface area (Å²) in [6.45, 7) is 0. The van der Waals surface area contributed by atoms with Gasteiger partial charge in [0, 0.05) is 0 Å². The molecule has 0 radical (unpaired) electrons. The van der Waals surface area contributed by atoms with Crippen LogP contribution in [0.3, 0.4) is 0 Å². The Labute approximate surface area is 87.7 Å². The number of methoxy groups -OCH3 is 3. The van der Waals surface area contributed by atoms with E-state index in [1.807, 2.05) is 0 Å². The molecule has 0 saturated carbocycles. The van der Waals surface area contributed by atoms with E-state index in [4.69, 9.17) is 15.2 Å². The summed E-state index contributed by atoms with van der Waals surface area (Å²) in [5.74, 6) is 0.224. The van der Waals surface area contributed by atoms with Crippen molar-refractivity contribution in [1.29, 1.82) is 0 Å². The van der Waals surface area contributed by atoms with Gasteiger partial charge in [-0.05, 0) is 12.1 Å². The Morgan fingerprint density at radius 3 is 2.33 bits per heavy atom.